The highest BCUT2D eigenvalue weighted by Crippen LogP contribution is 2.16. The lowest BCUT2D eigenvalue weighted by Gasteiger charge is -2.22. The molecule has 5 heteroatoms. The molecule has 0 radical (unpaired) electrons. The van der Waals surface area contributed by atoms with Gasteiger partial charge < -0.3 is 5.32 Å². The number of nitrogens with zero attached hydrogens (tertiary/aromatic N) is 3. The molecule has 1 fully saturated rings. The van der Waals surface area contributed by atoms with Crippen LogP contribution in [0.2, 0.25) is 0 Å². The predicted molar refractivity (Wildman–Crippen MR) is 58.2 cm³/mol. The zero-order valence-corrected chi connectivity index (χ0v) is 9.26. The molecular formula is C9H16N4S. The van der Waals surface area contributed by atoms with Crippen LogP contribution in [0.1, 0.15) is 18.7 Å². The van der Waals surface area contributed by atoms with Crippen LogP contribution in [0.15, 0.2) is 6.33 Å². The van der Waals surface area contributed by atoms with Crippen molar-refractivity contribution in [1.29, 1.82) is 0 Å². The second-order valence-electron chi connectivity index (χ2n) is 3.59. The first kappa shape index (κ1) is 9.98. The SMILES string of the molecule is Cn1ncnc1CNC1CCCSC1. The highest BCUT2D eigenvalue weighted by Gasteiger charge is 2.13. The fourth-order valence-electron chi connectivity index (χ4n) is 1.62. The lowest BCUT2D eigenvalue weighted by atomic mass is 10.2. The van der Waals surface area contributed by atoms with Gasteiger partial charge in [0.15, 0.2) is 0 Å². The maximum Gasteiger partial charge on any atom is 0.140 e. The number of hydrogen-bond acceptors (Lipinski definition) is 4. The summed E-state index contributed by atoms with van der Waals surface area (Å²) in [5.41, 5.74) is 0. The lowest BCUT2D eigenvalue weighted by molar-refractivity contribution is 0.489. The summed E-state index contributed by atoms with van der Waals surface area (Å²) < 4.78 is 1.82. The van der Waals surface area contributed by atoms with Gasteiger partial charge in [0, 0.05) is 18.8 Å². The summed E-state index contributed by atoms with van der Waals surface area (Å²) in [6.45, 7) is 0.835. The molecule has 0 bridgehead atoms. The van der Waals surface area contributed by atoms with Crippen molar-refractivity contribution in [3.63, 3.8) is 0 Å². The molecule has 1 N–H and O–H groups in total. The van der Waals surface area contributed by atoms with Crippen LogP contribution in [0.3, 0.4) is 0 Å². The van der Waals surface area contributed by atoms with Crippen molar-refractivity contribution < 1.29 is 0 Å². The molecule has 1 aromatic rings. The quantitative estimate of drug-likeness (QED) is 0.805. The van der Waals surface area contributed by atoms with Crippen LogP contribution in [0.4, 0.5) is 0 Å². The minimum atomic E-state index is 0.658. The van der Waals surface area contributed by atoms with Crippen LogP contribution in [0.5, 0.6) is 0 Å². The molecule has 4 nitrogen and oxygen atoms in total. The van der Waals surface area contributed by atoms with Gasteiger partial charge in [0.1, 0.15) is 12.2 Å². The van der Waals surface area contributed by atoms with Crippen molar-refractivity contribution in [2.24, 2.45) is 7.05 Å². The van der Waals surface area contributed by atoms with Crippen molar-refractivity contribution >= 4 is 11.8 Å². The van der Waals surface area contributed by atoms with Gasteiger partial charge in [-0.1, -0.05) is 0 Å². The summed E-state index contributed by atoms with van der Waals surface area (Å²) in [5, 5.41) is 7.56. The predicted octanol–water partition coefficient (Wildman–Crippen LogP) is 0.800. The summed E-state index contributed by atoms with van der Waals surface area (Å²) in [7, 11) is 1.93. The third-order valence-electron chi connectivity index (χ3n) is 2.51. The van der Waals surface area contributed by atoms with E-state index in [4.69, 9.17) is 0 Å². The van der Waals surface area contributed by atoms with E-state index in [0.717, 1.165) is 12.4 Å². The van der Waals surface area contributed by atoms with Crippen molar-refractivity contribution in [3.05, 3.63) is 12.2 Å². The molecule has 1 atom stereocenters. The van der Waals surface area contributed by atoms with Crippen molar-refractivity contribution in [1.82, 2.24) is 20.1 Å². The van der Waals surface area contributed by atoms with Crippen LogP contribution < -0.4 is 5.32 Å². The fraction of sp³-hybridized carbons (Fsp3) is 0.778. The Morgan fingerprint density at radius 2 is 2.64 bits per heavy atom. The molecule has 0 aliphatic carbocycles. The van der Waals surface area contributed by atoms with Gasteiger partial charge >= 0.3 is 0 Å². The zero-order valence-electron chi connectivity index (χ0n) is 8.44. The van der Waals surface area contributed by atoms with E-state index in [1.165, 1.54) is 24.3 Å². The standard InChI is InChI=1S/C9H16N4S/c1-13-9(11-7-12-13)5-10-8-3-2-4-14-6-8/h7-8,10H,2-6H2,1H3. The second-order valence-corrected chi connectivity index (χ2v) is 4.74. The maximum atomic E-state index is 4.18. The summed E-state index contributed by atoms with van der Waals surface area (Å²) in [6, 6.07) is 0.658. The normalized spacial score (nSPS) is 22.5. The van der Waals surface area contributed by atoms with E-state index in [-0.39, 0.29) is 0 Å². The third kappa shape index (κ3) is 2.48. The molecule has 1 aromatic heterocycles. The third-order valence-corrected chi connectivity index (χ3v) is 3.73. The van der Waals surface area contributed by atoms with Crippen LogP contribution in [-0.4, -0.2) is 32.3 Å². The Labute approximate surface area is 88.5 Å². The van der Waals surface area contributed by atoms with Crippen molar-refractivity contribution in [2.45, 2.75) is 25.4 Å². The molecule has 0 aromatic carbocycles. The Balaban J connectivity index is 1.79. The van der Waals surface area contributed by atoms with E-state index in [9.17, 15) is 0 Å². The molecule has 1 aliphatic heterocycles. The Morgan fingerprint density at radius 3 is 3.29 bits per heavy atom. The van der Waals surface area contributed by atoms with Crippen LogP contribution in [-0.2, 0) is 13.6 Å². The maximum absolute atomic E-state index is 4.18. The van der Waals surface area contributed by atoms with Crippen molar-refractivity contribution in [3.8, 4) is 0 Å². The van der Waals surface area contributed by atoms with Crippen molar-refractivity contribution in [2.75, 3.05) is 11.5 Å². The molecule has 2 rings (SSSR count). The minimum absolute atomic E-state index is 0.658. The number of aromatic nitrogens is 3. The molecule has 1 aliphatic rings. The molecule has 1 saturated heterocycles. The summed E-state index contributed by atoms with van der Waals surface area (Å²) in [6.07, 6.45) is 4.23. The van der Waals surface area contributed by atoms with E-state index >= 15 is 0 Å². The van der Waals surface area contributed by atoms with E-state index in [0.29, 0.717) is 6.04 Å². The van der Waals surface area contributed by atoms with Gasteiger partial charge in [0.05, 0.1) is 6.54 Å². The van der Waals surface area contributed by atoms with Crippen LogP contribution in [0, 0.1) is 0 Å². The summed E-state index contributed by atoms with van der Waals surface area (Å²) >= 11 is 2.04. The molecule has 1 unspecified atom stereocenters. The number of hydrogen-bond donors (Lipinski definition) is 1. The van der Waals surface area contributed by atoms with Gasteiger partial charge in [0.25, 0.3) is 0 Å². The van der Waals surface area contributed by atoms with Gasteiger partial charge in [-0.05, 0) is 18.6 Å². The number of aryl methyl sites for hydroxylation is 1. The van der Waals surface area contributed by atoms with E-state index in [1.54, 1.807) is 6.33 Å². The molecule has 2 heterocycles. The molecule has 0 saturated carbocycles. The van der Waals surface area contributed by atoms with Gasteiger partial charge in [-0.15, -0.1) is 0 Å². The number of nitrogens with one attached hydrogen (secondary N) is 1. The van der Waals surface area contributed by atoms with E-state index in [1.807, 2.05) is 23.5 Å². The van der Waals surface area contributed by atoms with Gasteiger partial charge in [-0.3, -0.25) is 4.68 Å². The smallest absolute Gasteiger partial charge is 0.140 e. The average molecular weight is 212 g/mol. The molecule has 0 amide bonds. The second kappa shape index (κ2) is 4.79. The molecule has 78 valence electrons. The first-order valence-electron chi connectivity index (χ1n) is 5.00. The fourth-order valence-corrected chi connectivity index (χ4v) is 2.72. The van der Waals surface area contributed by atoms with E-state index in [2.05, 4.69) is 15.4 Å². The highest BCUT2D eigenvalue weighted by atomic mass is 32.2. The first-order valence-corrected chi connectivity index (χ1v) is 6.16. The molecule has 0 spiro atoms. The minimum Gasteiger partial charge on any atom is -0.306 e. The zero-order chi connectivity index (χ0) is 9.80. The first-order chi connectivity index (χ1) is 6.86. The van der Waals surface area contributed by atoms with Crippen LogP contribution >= 0.6 is 11.8 Å². The largest absolute Gasteiger partial charge is 0.306 e. The topological polar surface area (TPSA) is 42.7 Å². The number of rotatable bonds is 3. The van der Waals surface area contributed by atoms with Gasteiger partial charge in [-0.2, -0.15) is 16.9 Å². The Bertz CT molecular complexity index is 280. The Kier molecular flexibility index (Phi) is 3.42. The van der Waals surface area contributed by atoms with Gasteiger partial charge in [-0.25, -0.2) is 4.98 Å². The Hall–Kier alpha value is -0.550. The molecule has 14 heavy (non-hydrogen) atoms. The van der Waals surface area contributed by atoms with E-state index < -0.39 is 0 Å². The average Bonchev–Trinajstić information content (AvgIpc) is 2.63. The molecular weight excluding hydrogens is 196 g/mol. The summed E-state index contributed by atoms with van der Waals surface area (Å²) in [5.74, 6) is 3.57. The highest BCUT2D eigenvalue weighted by molar-refractivity contribution is 7.99. The van der Waals surface area contributed by atoms with Gasteiger partial charge in [0.2, 0.25) is 0 Å². The number of thioether (sulfide) groups is 1. The lowest BCUT2D eigenvalue weighted by Crippen LogP contribution is -2.34. The Morgan fingerprint density at radius 1 is 1.71 bits per heavy atom. The monoisotopic (exact) mass is 212 g/mol. The summed E-state index contributed by atoms with van der Waals surface area (Å²) in [4.78, 5) is 4.18. The van der Waals surface area contributed by atoms with Crippen LogP contribution in [0.25, 0.3) is 0 Å².